The lowest BCUT2D eigenvalue weighted by atomic mass is 10.1. The first kappa shape index (κ1) is 21.6. The molecule has 1 fully saturated rings. The molecule has 1 heterocycles. The number of H-pyrrole nitrogens is 1. The number of nitrogens with one attached hydrogen (secondary N) is 1. The molecule has 2 aromatic carbocycles. The predicted molar refractivity (Wildman–Crippen MR) is 122 cm³/mol. The standard InChI is InChI=1S/C25H28ClNO4/c1-16-13-17(7-11-23(16)31-18-5-3-4-6-18)15-30-19-8-9-21-20(14-19)25(26)22(27-21)10-12-24(28)29-2/h7-9,11,13-14,18,27H,3-6,10,12,15H2,1-2H3. The smallest absolute Gasteiger partial charge is 0.305 e. The van der Waals surface area contributed by atoms with Gasteiger partial charge in [0.2, 0.25) is 0 Å². The Kier molecular flexibility index (Phi) is 6.71. The molecule has 1 N–H and O–H groups in total. The fourth-order valence-electron chi connectivity index (χ4n) is 4.07. The number of methoxy groups -OCH3 is 1. The Morgan fingerprint density at radius 3 is 2.71 bits per heavy atom. The number of hydrogen-bond acceptors (Lipinski definition) is 4. The van der Waals surface area contributed by atoms with Crippen molar-refractivity contribution >= 4 is 28.5 Å². The number of carbonyl (C=O) groups is 1. The van der Waals surface area contributed by atoms with E-state index in [9.17, 15) is 4.79 Å². The molecule has 31 heavy (non-hydrogen) atoms. The summed E-state index contributed by atoms with van der Waals surface area (Å²) in [6.07, 6.45) is 5.97. The topological polar surface area (TPSA) is 60.6 Å². The number of fused-ring (bicyclic) bond motifs is 1. The van der Waals surface area contributed by atoms with Crippen molar-refractivity contribution in [1.29, 1.82) is 0 Å². The van der Waals surface area contributed by atoms with Crippen LogP contribution in [-0.2, 0) is 22.6 Å². The first-order chi connectivity index (χ1) is 15.0. The van der Waals surface area contributed by atoms with Gasteiger partial charge in [-0.25, -0.2) is 0 Å². The molecule has 1 saturated carbocycles. The highest BCUT2D eigenvalue weighted by molar-refractivity contribution is 6.36. The molecular weight excluding hydrogens is 414 g/mol. The van der Waals surface area contributed by atoms with Gasteiger partial charge >= 0.3 is 5.97 Å². The fraction of sp³-hybridized carbons (Fsp3) is 0.400. The largest absolute Gasteiger partial charge is 0.490 e. The number of aryl methyl sites for hydroxylation is 2. The van der Waals surface area contributed by atoms with Crippen LogP contribution in [0.3, 0.4) is 0 Å². The molecule has 3 aromatic rings. The van der Waals surface area contributed by atoms with Gasteiger partial charge < -0.3 is 19.2 Å². The van der Waals surface area contributed by atoms with Gasteiger partial charge in [-0.1, -0.05) is 17.7 Å². The van der Waals surface area contributed by atoms with Crippen molar-refractivity contribution in [2.45, 2.75) is 58.2 Å². The minimum atomic E-state index is -0.256. The molecule has 0 spiro atoms. The Balaban J connectivity index is 1.41. The second kappa shape index (κ2) is 9.65. The number of hydrogen-bond donors (Lipinski definition) is 1. The van der Waals surface area contributed by atoms with Crippen LogP contribution in [0.25, 0.3) is 10.9 Å². The van der Waals surface area contributed by atoms with Gasteiger partial charge in [0.15, 0.2) is 0 Å². The van der Waals surface area contributed by atoms with Crippen LogP contribution < -0.4 is 9.47 Å². The minimum Gasteiger partial charge on any atom is -0.490 e. The zero-order chi connectivity index (χ0) is 21.8. The second-order valence-electron chi connectivity index (χ2n) is 8.11. The number of ether oxygens (including phenoxy) is 3. The summed E-state index contributed by atoms with van der Waals surface area (Å²) in [6.45, 7) is 2.54. The Labute approximate surface area is 187 Å². The van der Waals surface area contributed by atoms with Gasteiger partial charge in [-0.05, 0) is 80.5 Å². The number of esters is 1. The normalized spacial score (nSPS) is 14.2. The average molecular weight is 442 g/mol. The molecule has 0 amide bonds. The summed E-state index contributed by atoms with van der Waals surface area (Å²) in [5.74, 6) is 1.46. The van der Waals surface area contributed by atoms with Gasteiger partial charge in [0, 0.05) is 16.6 Å². The minimum absolute atomic E-state index is 0.256. The summed E-state index contributed by atoms with van der Waals surface area (Å²) in [6, 6.07) is 12.0. The Hall–Kier alpha value is -2.66. The van der Waals surface area contributed by atoms with Gasteiger partial charge in [-0.2, -0.15) is 0 Å². The predicted octanol–water partition coefficient (Wildman–Crippen LogP) is 6.14. The van der Waals surface area contributed by atoms with Crippen LogP contribution >= 0.6 is 11.6 Å². The van der Waals surface area contributed by atoms with Crippen LogP contribution in [0.15, 0.2) is 36.4 Å². The lowest BCUT2D eigenvalue weighted by Crippen LogP contribution is -2.11. The van der Waals surface area contributed by atoms with E-state index in [1.807, 2.05) is 24.3 Å². The molecular formula is C25H28ClNO4. The first-order valence-electron chi connectivity index (χ1n) is 10.8. The SMILES string of the molecule is COC(=O)CCc1[nH]c2ccc(OCc3ccc(OC4CCCC4)c(C)c3)cc2c1Cl. The van der Waals surface area contributed by atoms with E-state index in [0.29, 0.717) is 24.2 Å². The van der Waals surface area contributed by atoms with Crippen LogP contribution in [0.1, 0.15) is 48.9 Å². The van der Waals surface area contributed by atoms with Crippen LogP contribution in [0.5, 0.6) is 11.5 Å². The van der Waals surface area contributed by atoms with Crippen LogP contribution in [0, 0.1) is 6.92 Å². The van der Waals surface area contributed by atoms with E-state index in [1.54, 1.807) is 0 Å². The average Bonchev–Trinajstić information content (AvgIpc) is 3.40. The van der Waals surface area contributed by atoms with E-state index in [1.165, 1.54) is 20.0 Å². The second-order valence-corrected chi connectivity index (χ2v) is 8.49. The van der Waals surface area contributed by atoms with E-state index in [2.05, 4.69) is 24.0 Å². The first-order valence-corrected chi connectivity index (χ1v) is 11.2. The molecule has 0 unspecified atom stereocenters. The van der Waals surface area contributed by atoms with Crippen LogP contribution in [0.4, 0.5) is 0 Å². The highest BCUT2D eigenvalue weighted by Crippen LogP contribution is 2.32. The number of carbonyl (C=O) groups excluding carboxylic acids is 1. The molecule has 4 rings (SSSR count). The fourth-order valence-corrected chi connectivity index (χ4v) is 4.37. The lowest BCUT2D eigenvalue weighted by molar-refractivity contribution is -0.140. The third-order valence-electron chi connectivity index (χ3n) is 5.83. The van der Waals surface area contributed by atoms with Gasteiger partial charge in [0.1, 0.15) is 18.1 Å². The highest BCUT2D eigenvalue weighted by Gasteiger charge is 2.17. The zero-order valence-electron chi connectivity index (χ0n) is 18.0. The molecule has 0 radical (unpaired) electrons. The van der Waals surface area contributed by atoms with E-state index < -0.39 is 0 Å². The third-order valence-corrected chi connectivity index (χ3v) is 6.26. The van der Waals surface area contributed by atoms with Crippen molar-refractivity contribution in [2.24, 2.45) is 0 Å². The molecule has 1 aromatic heterocycles. The maximum absolute atomic E-state index is 11.4. The Morgan fingerprint density at radius 2 is 1.97 bits per heavy atom. The highest BCUT2D eigenvalue weighted by atomic mass is 35.5. The van der Waals surface area contributed by atoms with Crippen molar-refractivity contribution in [1.82, 2.24) is 4.98 Å². The Morgan fingerprint density at radius 1 is 1.16 bits per heavy atom. The van der Waals surface area contributed by atoms with Crippen molar-refractivity contribution in [3.8, 4) is 11.5 Å². The number of halogens is 1. The molecule has 164 valence electrons. The summed E-state index contributed by atoms with van der Waals surface area (Å²) in [5, 5.41) is 1.50. The lowest BCUT2D eigenvalue weighted by Gasteiger charge is -2.16. The van der Waals surface area contributed by atoms with Crippen molar-refractivity contribution < 1.29 is 19.0 Å². The van der Waals surface area contributed by atoms with Gasteiger partial charge in [0.05, 0.1) is 24.7 Å². The van der Waals surface area contributed by atoms with Gasteiger partial charge in [-0.3, -0.25) is 4.79 Å². The summed E-state index contributed by atoms with van der Waals surface area (Å²) in [4.78, 5) is 14.7. The van der Waals surface area contributed by atoms with Gasteiger partial charge in [-0.15, -0.1) is 0 Å². The summed E-state index contributed by atoms with van der Waals surface area (Å²) in [5.41, 5.74) is 3.97. The molecule has 5 nitrogen and oxygen atoms in total. The quantitative estimate of drug-likeness (QED) is 0.427. The molecule has 1 aliphatic rings. The third kappa shape index (κ3) is 5.16. The number of rotatable bonds is 8. The molecule has 6 heteroatoms. The van der Waals surface area contributed by atoms with E-state index >= 15 is 0 Å². The van der Waals surface area contributed by atoms with Crippen molar-refractivity contribution in [3.63, 3.8) is 0 Å². The summed E-state index contributed by atoms with van der Waals surface area (Å²) < 4.78 is 16.9. The van der Waals surface area contributed by atoms with E-state index in [-0.39, 0.29) is 12.4 Å². The van der Waals surface area contributed by atoms with Crippen molar-refractivity contribution in [3.05, 3.63) is 58.2 Å². The Bertz CT molecular complexity index is 1070. The molecule has 0 aliphatic heterocycles. The maximum Gasteiger partial charge on any atom is 0.305 e. The number of aromatic amines is 1. The zero-order valence-corrected chi connectivity index (χ0v) is 18.8. The van der Waals surface area contributed by atoms with E-state index in [0.717, 1.165) is 52.1 Å². The molecule has 1 aliphatic carbocycles. The van der Waals surface area contributed by atoms with Crippen molar-refractivity contribution in [2.75, 3.05) is 7.11 Å². The molecule has 0 atom stereocenters. The molecule has 0 bridgehead atoms. The molecule has 0 saturated heterocycles. The maximum atomic E-state index is 11.4. The van der Waals surface area contributed by atoms with Gasteiger partial charge in [0.25, 0.3) is 0 Å². The number of aromatic nitrogens is 1. The summed E-state index contributed by atoms with van der Waals surface area (Å²) >= 11 is 6.53. The van der Waals surface area contributed by atoms with Crippen LogP contribution in [0.2, 0.25) is 5.02 Å². The monoisotopic (exact) mass is 441 g/mol. The number of benzene rings is 2. The van der Waals surface area contributed by atoms with Crippen LogP contribution in [-0.4, -0.2) is 24.2 Å². The van der Waals surface area contributed by atoms with E-state index in [4.69, 9.17) is 25.8 Å². The summed E-state index contributed by atoms with van der Waals surface area (Å²) in [7, 11) is 1.39.